The van der Waals surface area contributed by atoms with Gasteiger partial charge in [0.1, 0.15) is 5.75 Å². The van der Waals surface area contributed by atoms with Crippen molar-refractivity contribution in [3.05, 3.63) is 26.2 Å². The number of hydrogen-bond donors (Lipinski definition) is 2. The average Bonchev–Trinajstić information content (AvgIpc) is 2.63. The van der Waals surface area contributed by atoms with Crippen molar-refractivity contribution in [2.24, 2.45) is 0 Å². The Morgan fingerprint density at radius 2 is 2.29 bits per heavy atom. The van der Waals surface area contributed by atoms with Crippen molar-refractivity contribution in [3.63, 3.8) is 0 Å². The number of nitrogens with zero attached hydrogens (tertiary/aromatic N) is 1. The second-order valence-electron chi connectivity index (χ2n) is 3.38. The van der Waals surface area contributed by atoms with Gasteiger partial charge in [-0.25, -0.2) is 0 Å². The summed E-state index contributed by atoms with van der Waals surface area (Å²) in [6, 6.07) is 5.89. The summed E-state index contributed by atoms with van der Waals surface area (Å²) < 4.78 is 7.31. The van der Waals surface area contributed by atoms with Gasteiger partial charge >= 0.3 is 0 Å². The lowest BCUT2D eigenvalue weighted by atomic mass is 10.1. The molecule has 0 saturated carbocycles. The van der Waals surface area contributed by atoms with Gasteiger partial charge in [0, 0.05) is 5.56 Å². The van der Waals surface area contributed by atoms with E-state index in [4.69, 9.17) is 10.5 Å². The summed E-state index contributed by atoms with van der Waals surface area (Å²) in [5.74, 6) is 1.35. The van der Waals surface area contributed by atoms with Crippen LogP contribution in [0.15, 0.2) is 22.7 Å². The van der Waals surface area contributed by atoms with Crippen LogP contribution in [-0.2, 0) is 0 Å². The van der Waals surface area contributed by atoms with Gasteiger partial charge in [-0.3, -0.25) is 5.10 Å². The molecule has 1 heterocycles. The Morgan fingerprint density at radius 3 is 2.82 bits per heavy atom. The van der Waals surface area contributed by atoms with Crippen molar-refractivity contribution >= 4 is 44.3 Å². The Morgan fingerprint density at radius 1 is 1.53 bits per heavy atom. The summed E-state index contributed by atoms with van der Waals surface area (Å²) >= 11 is 5.66. The summed E-state index contributed by atoms with van der Waals surface area (Å²) in [4.78, 5) is 0. The Kier molecular flexibility index (Phi) is 3.93. The summed E-state index contributed by atoms with van der Waals surface area (Å²) in [5.41, 5.74) is 7.65. The minimum Gasteiger partial charge on any atom is -0.493 e. The molecule has 0 amide bonds. The quantitative estimate of drug-likeness (QED) is 0.766. The molecule has 0 aliphatic rings. The highest BCUT2D eigenvalue weighted by Gasteiger charge is 2.11. The molecule has 3 N–H and O–H groups in total. The van der Waals surface area contributed by atoms with Crippen LogP contribution in [0.2, 0.25) is 0 Å². The third-order valence-electron chi connectivity index (χ3n) is 2.25. The molecule has 1 aromatic heterocycles. The summed E-state index contributed by atoms with van der Waals surface area (Å²) in [7, 11) is 0. The SMILES string of the molecule is CCOc1ccc(-c2[nH]nc(N)c2I)cc1Br. The molecule has 2 aromatic rings. The first-order valence-electron chi connectivity index (χ1n) is 5.05. The number of nitrogens with one attached hydrogen (secondary N) is 1. The van der Waals surface area contributed by atoms with Gasteiger partial charge in [0.25, 0.3) is 0 Å². The van der Waals surface area contributed by atoms with Crippen molar-refractivity contribution < 1.29 is 4.74 Å². The second kappa shape index (κ2) is 5.26. The molecule has 6 heteroatoms. The number of rotatable bonds is 3. The van der Waals surface area contributed by atoms with Crippen LogP contribution in [0.5, 0.6) is 5.75 Å². The largest absolute Gasteiger partial charge is 0.493 e. The molecule has 0 aliphatic heterocycles. The van der Waals surface area contributed by atoms with Gasteiger partial charge in [0.2, 0.25) is 0 Å². The predicted octanol–water partition coefficient (Wildman–Crippen LogP) is 3.42. The van der Waals surface area contributed by atoms with Crippen LogP contribution in [0.4, 0.5) is 5.82 Å². The molecule has 2 rings (SSSR count). The van der Waals surface area contributed by atoms with Crippen LogP contribution in [0.25, 0.3) is 11.3 Å². The topological polar surface area (TPSA) is 63.9 Å². The number of hydrogen-bond acceptors (Lipinski definition) is 3. The Bertz CT molecular complexity index is 542. The average molecular weight is 408 g/mol. The minimum atomic E-state index is 0.519. The van der Waals surface area contributed by atoms with E-state index in [-0.39, 0.29) is 0 Å². The van der Waals surface area contributed by atoms with Crippen molar-refractivity contribution in [1.82, 2.24) is 10.2 Å². The molecule has 17 heavy (non-hydrogen) atoms. The zero-order valence-electron chi connectivity index (χ0n) is 9.13. The molecule has 0 aliphatic carbocycles. The minimum absolute atomic E-state index is 0.519. The zero-order chi connectivity index (χ0) is 12.4. The molecule has 1 aromatic carbocycles. The summed E-state index contributed by atoms with van der Waals surface area (Å²) in [6.45, 7) is 2.60. The van der Waals surface area contributed by atoms with E-state index >= 15 is 0 Å². The molecular weight excluding hydrogens is 397 g/mol. The lowest BCUT2D eigenvalue weighted by molar-refractivity contribution is 0.338. The normalized spacial score (nSPS) is 10.5. The molecule has 90 valence electrons. The van der Waals surface area contributed by atoms with Gasteiger partial charge in [-0.1, -0.05) is 0 Å². The van der Waals surface area contributed by atoms with Gasteiger partial charge in [-0.15, -0.1) is 0 Å². The molecule has 0 fully saturated rings. The number of nitrogens with two attached hydrogens (primary N) is 1. The van der Waals surface area contributed by atoms with Crippen LogP contribution < -0.4 is 10.5 Å². The lowest BCUT2D eigenvalue weighted by Crippen LogP contribution is -1.92. The highest BCUT2D eigenvalue weighted by molar-refractivity contribution is 14.1. The van der Waals surface area contributed by atoms with Gasteiger partial charge in [-0.05, 0) is 63.6 Å². The first kappa shape index (κ1) is 12.7. The first-order valence-corrected chi connectivity index (χ1v) is 6.92. The monoisotopic (exact) mass is 407 g/mol. The van der Waals surface area contributed by atoms with E-state index in [0.717, 1.165) is 25.0 Å². The smallest absolute Gasteiger partial charge is 0.159 e. The fourth-order valence-electron chi connectivity index (χ4n) is 1.46. The van der Waals surface area contributed by atoms with Gasteiger partial charge in [0.15, 0.2) is 5.82 Å². The number of aromatic amines is 1. The molecule has 0 spiro atoms. The number of aromatic nitrogens is 2. The molecule has 0 bridgehead atoms. The fraction of sp³-hybridized carbons (Fsp3) is 0.182. The van der Waals surface area contributed by atoms with Crippen LogP contribution in [0.3, 0.4) is 0 Å². The van der Waals surface area contributed by atoms with E-state index < -0.39 is 0 Å². The van der Waals surface area contributed by atoms with E-state index in [0.29, 0.717) is 12.4 Å². The zero-order valence-corrected chi connectivity index (χ0v) is 12.9. The van der Waals surface area contributed by atoms with Crippen LogP contribution in [0.1, 0.15) is 6.92 Å². The standard InChI is InChI=1S/C11H11BrIN3O/c1-2-17-8-4-3-6(5-7(8)12)10-9(13)11(14)16-15-10/h3-5H,2H2,1H3,(H3,14,15,16). The molecule has 0 atom stereocenters. The maximum Gasteiger partial charge on any atom is 0.159 e. The molecule has 0 saturated heterocycles. The third-order valence-corrected chi connectivity index (χ3v) is 3.96. The number of nitrogen functional groups attached to an aromatic ring is 1. The molecule has 4 nitrogen and oxygen atoms in total. The maximum atomic E-state index is 5.71. The van der Waals surface area contributed by atoms with E-state index in [1.807, 2.05) is 25.1 Å². The third kappa shape index (κ3) is 2.57. The Hall–Kier alpha value is -0.760. The summed E-state index contributed by atoms with van der Waals surface area (Å²) in [5, 5.41) is 6.90. The first-order chi connectivity index (χ1) is 8.13. The van der Waals surface area contributed by atoms with Gasteiger partial charge < -0.3 is 10.5 Å². The summed E-state index contributed by atoms with van der Waals surface area (Å²) in [6.07, 6.45) is 0. The number of halogens is 2. The highest BCUT2D eigenvalue weighted by Crippen LogP contribution is 2.33. The predicted molar refractivity (Wildman–Crippen MR) is 80.0 cm³/mol. The second-order valence-corrected chi connectivity index (χ2v) is 5.31. The molecule has 0 unspecified atom stereocenters. The van der Waals surface area contributed by atoms with Crippen LogP contribution in [-0.4, -0.2) is 16.8 Å². The molecular formula is C11H11BrIN3O. The highest BCUT2D eigenvalue weighted by atomic mass is 127. The van der Waals surface area contributed by atoms with Crippen LogP contribution >= 0.6 is 38.5 Å². The number of anilines is 1. The van der Waals surface area contributed by atoms with E-state index in [1.54, 1.807) is 0 Å². The van der Waals surface area contributed by atoms with E-state index in [2.05, 4.69) is 48.7 Å². The Balaban J connectivity index is 2.41. The number of benzene rings is 1. The van der Waals surface area contributed by atoms with E-state index in [1.165, 1.54) is 0 Å². The van der Waals surface area contributed by atoms with Gasteiger partial charge in [-0.2, -0.15) is 5.10 Å². The van der Waals surface area contributed by atoms with E-state index in [9.17, 15) is 0 Å². The Labute approximate surface area is 121 Å². The van der Waals surface area contributed by atoms with Gasteiger partial charge in [0.05, 0.1) is 20.3 Å². The van der Waals surface area contributed by atoms with Crippen molar-refractivity contribution in [3.8, 4) is 17.0 Å². The number of ether oxygens (including phenoxy) is 1. The number of H-pyrrole nitrogens is 1. The van der Waals surface area contributed by atoms with Crippen molar-refractivity contribution in [1.29, 1.82) is 0 Å². The maximum absolute atomic E-state index is 5.71. The molecule has 0 radical (unpaired) electrons. The fourth-order valence-corrected chi connectivity index (χ4v) is 2.51. The lowest BCUT2D eigenvalue weighted by Gasteiger charge is -2.07. The van der Waals surface area contributed by atoms with Crippen LogP contribution in [0, 0.1) is 3.57 Å². The van der Waals surface area contributed by atoms with Crippen molar-refractivity contribution in [2.75, 3.05) is 12.3 Å². The van der Waals surface area contributed by atoms with Crippen molar-refractivity contribution in [2.45, 2.75) is 6.92 Å².